The number of methoxy groups -OCH3 is 1. The summed E-state index contributed by atoms with van der Waals surface area (Å²) in [5.74, 6) is 0.622. The van der Waals surface area contributed by atoms with Crippen LogP contribution in [0.15, 0.2) is 52.4 Å². The Balaban J connectivity index is 1.59. The highest BCUT2D eigenvalue weighted by Crippen LogP contribution is 2.23. The highest BCUT2D eigenvalue weighted by atomic mass is 32.1. The van der Waals surface area contributed by atoms with Crippen LogP contribution in [0.3, 0.4) is 0 Å². The normalized spacial score (nSPS) is 11.1. The first-order valence-electron chi connectivity index (χ1n) is 8.63. The zero-order valence-electron chi connectivity index (χ0n) is 15.8. The molecule has 0 radical (unpaired) electrons. The molecule has 0 aliphatic carbocycles. The number of nitrogens with one attached hydrogen (secondary N) is 2. The maximum Gasteiger partial charge on any atom is 0.262 e. The molecule has 146 valence electrons. The lowest BCUT2D eigenvalue weighted by Gasteiger charge is -2.24. The number of rotatable bonds is 7. The number of carbonyl (C=O) groups excluding carboxylic acids is 2. The van der Waals surface area contributed by atoms with Gasteiger partial charge in [0.25, 0.3) is 5.91 Å². The van der Waals surface area contributed by atoms with Gasteiger partial charge in [-0.2, -0.15) is 0 Å². The van der Waals surface area contributed by atoms with Crippen LogP contribution in [0, 0.1) is 0 Å². The second kappa shape index (κ2) is 8.26. The average molecular weight is 399 g/mol. The van der Waals surface area contributed by atoms with Gasteiger partial charge in [0.2, 0.25) is 5.91 Å². The fourth-order valence-corrected chi connectivity index (χ4v) is 3.13. The van der Waals surface area contributed by atoms with Gasteiger partial charge in [0.05, 0.1) is 18.5 Å². The first kappa shape index (κ1) is 19.6. The number of hydrogen-bond donors (Lipinski definition) is 2. The Bertz CT molecular complexity index is 964. The fourth-order valence-electron chi connectivity index (χ4n) is 2.51. The Kier molecular flexibility index (Phi) is 5.79. The molecule has 0 saturated carbocycles. The third-order valence-electron chi connectivity index (χ3n) is 4.09. The number of hydrogen-bond acceptors (Lipinski definition) is 6. The smallest absolute Gasteiger partial charge is 0.262 e. The van der Waals surface area contributed by atoms with Gasteiger partial charge in [0.15, 0.2) is 5.76 Å². The third-order valence-corrected chi connectivity index (χ3v) is 4.95. The summed E-state index contributed by atoms with van der Waals surface area (Å²) in [5, 5.41) is 11.4. The molecule has 1 aromatic carbocycles. The molecular formula is C20H21N3O4S. The number of aromatic nitrogens is 1. The van der Waals surface area contributed by atoms with Gasteiger partial charge < -0.3 is 19.9 Å². The minimum atomic E-state index is -1.07. The molecule has 3 rings (SSSR count). The zero-order chi connectivity index (χ0) is 20.1. The molecule has 2 N–H and O–H groups in total. The van der Waals surface area contributed by atoms with Crippen molar-refractivity contribution in [1.29, 1.82) is 0 Å². The monoisotopic (exact) mass is 399 g/mol. The van der Waals surface area contributed by atoms with Crippen molar-refractivity contribution in [2.75, 3.05) is 7.11 Å². The van der Waals surface area contributed by atoms with Crippen molar-refractivity contribution in [3.8, 4) is 17.0 Å². The van der Waals surface area contributed by atoms with E-state index in [1.807, 2.05) is 29.6 Å². The van der Waals surface area contributed by atoms with Crippen LogP contribution in [0.4, 0.5) is 0 Å². The molecule has 8 heteroatoms. The lowest BCUT2D eigenvalue weighted by atomic mass is 10.0. The van der Waals surface area contributed by atoms with E-state index in [9.17, 15) is 9.59 Å². The van der Waals surface area contributed by atoms with E-state index in [2.05, 4.69) is 15.8 Å². The molecule has 0 atom stereocenters. The summed E-state index contributed by atoms with van der Waals surface area (Å²) < 4.78 is 10.5. The number of thiophene rings is 1. The van der Waals surface area contributed by atoms with Crippen molar-refractivity contribution in [3.05, 3.63) is 58.5 Å². The maximum atomic E-state index is 12.5. The SMILES string of the molecule is COc1cccc(-c2cc(CNC(=O)C(C)(C)NC(=O)c3cccs3)on2)c1. The van der Waals surface area contributed by atoms with E-state index in [0.29, 0.717) is 16.3 Å². The molecule has 0 fully saturated rings. The molecule has 2 aromatic heterocycles. The van der Waals surface area contributed by atoms with E-state index in [1.165, 1.54) is 11.3 Å². The first-order valence-corrected chi connectivity index (χ1v) is 9.51. The van der Waals surface area contributed by atoms with Gasteiger partial charge in [-0.05, 0) is 37.4 Å². The molecule has 3 aromatic rings. The molecular weight excluding hydrogens is 378 g/mol. The van der Waals surface area contributed by atoms with Crippen molar-refractivity contribution in [2.24, 2.45) is 0 Å². The Hall–Kier alpha value is -3.13. The number of carbonyl (C=O) groups is 2. The number of amides is 2. The zero-order valence-corrected chi connectivity index (χ0v) is 16.6. The number of benzene rings is 1. The van der Waals surface area contributed by atoms with Gasteiger partial charge in [-0.1, -0.05) is 23.4 Å². The summed E-state index contributed by atoms with van der Waals surface area (Å²) in [6.07, 6.45) is 0. The lowest BCUT2D eigenvalue weighted by molar-refractivity contribution is -0.126. The molecule has 0 aliphatic heterocycles. The quantitative estimate of drug-likeness (QED) is 0.636. The van der Waals surface area contributed by atoms with Gasteiger partial charge in [0.1, 0.15) is 17.0 Å². The Labute approximate surface area is 166 Å². The van der Waals surface area contributed by atoms with Crippen LogP contribution in [-0.4, -0.2) is 29.6 Å². The van der Waals surface area contributed by atoms with Crippen LogP contribution >= 0.6 is 11.3 Å². The van der Waals surface area contributed by atoms with Gasteiger partial charge in [0, 0.05) is 11.6 Å². The van der Waals surface area contributed by atoms with Crippen LogP contribution in [-0.2, 0) is 11.3 Å². The van der Waals surface area contributed by atoms with E-state index < -0.39 is 5.54 Å². The van der Waals surface area contributed by atoms with Crippen molar-refractivity contribution >= 4 is 23.2 Å². The minimum absolute atomic E-state index is 0.161. The van der Waals surface area contributed by atoms with Crippen LogP contribution in [0.1, 0.15) is 29.3 Å². The molecule has 0 aliphatic rings. The highest BCUT2D eigenvalue weighted by Gasteiger charge is 2.30. The predicted molar refractivity (Wildman–Crippen MR) is 106 cm³/mol. The third kappa shape index (κ3) is 4.58. The minimum Gasteiger partial charge on any atom is -0.497 e. The van der Waals surface area contributed by atoms with Crippen molar-refractivity contribution in [1.82, 2.24) is 15.8 Å². The largest absolute Gasteiger partial charge is 0.497 e. The van der Waals surface area contributed by atoms with Gasteiger partial charge >= 0.3 is 0 Å². The van der Waals surface area contributed by atoms with Crippen molar-refractivity contribution in [3.63, 3.8) is 0 Å². The standard InChI is InChI=1S/C20H21N3O4S/c1-20(2,22-18(24)17-8-5-9-28-17)19(25)21-12-15-11-16(23-27-15)13-6-4-7-14(10-13)26-3/h4-11H,12H2,1-3H3,(H,21,25)(H,22,24). The van der Waals surface area contributed by atoms with Crippen LogP contribution in [0.25, 0.3) is 11.3 Å². The molecule has 0 bridgehead atoms. The lowest BCUT2D eigenvalue weighted by Crippen LogP contribution is -2.54. The second-order valence-electron chi connectivity index (χ2n) is 6.65. The molecule has 0 spiro atoms. The molecule has 0 unspecified atom stereocenters. The van der Waals surface area contributed by atoms with Gasteiger partial charge in [-0.15, -0.1) is 11.3 Å². The number of ether oxygens (including phenoxy) is 1. The van der Waals surface area contributed by atoms with Crippen molar-refractivity contribution < 1.29 is 18.8 Å². The van der Waals surface area contributed by atoms with Crippen LogP contribution in [0.2, 0.25) is 0 Å². The Morgan fingerprint density at radius 1 is 1.21 bits per heavy atom. The van der Waals surface area contributed by atoms with Gasteiger partial charge in [-0.3, -0.25) is 9.59 Å². The molecule has 0 saturated heterocycles. The van der Waals surface area contributed by atoms with Crippen molar-refractivity contribution in [2.45, 2.75) is 25.9 Å². The molecule has 28 heavy (non-hydrogen) atoms. The van der Waals surface area contributed by atoms with Crippen LogP contribution < -0.4 is 15.4 Å². The summed E-state index contributed by atoms with van der Waals surface area (Å²) >= 11 is 1.32. The van der Waals surface area contributed by atoms with E-state index in [4.69, 9.17) is 9.26 Å². The summed E-state index contributed by atoms with van der Waals surface area (Å²) in [4.78, 5) is 25.3. The van der Waals surface area contributed by atoms with E-state index in [1.54, 1.807) is 39.2 Å². The highest BCUT2D eigenvalue weighted by molar-refractivity contribution is 7.12. The van der Waals surface area contributed by atoms with Crippen LogP contribution in [0.5, 0.6) is 5.75 Å². The predicted octanol–water partition coefficient (Wildman–Crippen LogP) is 3.24. The number of nitrogens with zero attached hydrogens (tertiary/aromatic N) is 1. The summed E-state index contributed by atoms with van der Waals surface area (Å²) in [7, 11) is 1.60. The fraction of sp³-hybridized carbons (Fsp3) is 0.250. The second-order valence-corrected chi connectivity index (χ2v) is 7.60. The Morgan fingerprint density at radius 3 is 2.75 bits per heavy atom. The topological polar surface area (TPSA) is 93.5 Å². The average Bonchev–Trinajstić information content (AvgIpc) is 3.37. The first-order chi connectivity index (χ1) is 13.4. The van der Waals surface area contributed by atoms with E-state index in [0.717, 1.165) is 11.3 Å². The summed E-state index contributed by atoms with van der Waals surface area (Å²) in [6.45, 7) is 3.46. The molecule has 2 amide bonds. The maximum absolute atomic E-state index is 12.5. The Morgan fingerprint density at radius 2 is 2.04 bits per heavy atom. The van der Waals surface area contributed by atoms with E-state index in [-0.39, 0.29) is 18.4 Å². The molecule has 7 nitrogen and oxygen atoms in total. The summed E-state index contributed by atoms with van der Waals surface area (Å²) in [6, 6.07) is 12.7. The molecule has 2 heterocycles. The van der Waals surface area contributed by atoms with E-state index >= 15 is 0 Å². The summed E-state index contributed by atoms with van der Waals surface area (Å²) in [5.41, 5.74) is 0.425. The van der Waals surface area contributed by atoms with Gasteiger partial charge in [-0.25, -0.2) is 0 Å².